The molecule has 0 aliphatic rings. The molecular weight excluding hydrogens is 206 g/mol. The Bertz CT molecular complexity index is 248. The van der Waals surface area contributed by atoms with Crippen molar-refractivity contribution in [3.05, 3.63) is 36.0 Å². The van der Waals surface area contributed by atoms with Gasteiger partial charge in [0, 0.05) is 6.54 Å². The van der Waals surface area contributed by atoms with Crippen LogP contribution in [-0.2, 0) is 0 Å². The molecule has 0 saturated heterocycles. The number of allylic oxidation sites excluding steroid dienone is 5. The molecular formula is C16H29N. The van der Waals surface area contributed by atoms with Gasteiger partial charge in [-0.05, 0) is 45.9 Å². The van der Waals surface area contributed by atoms with Crippen molar-refractivity contribution in [3.8, 4) is 0 Å². The summed E-state index contributed by atoms with van der Waals surface area (Å²) < 4.78 is 0. The van der Waals surface area contributed by atoms with Crippen molar-refractivity contribution in [2.24, 2.45) is 0 Å². The highest BCUT2D eigenvalue weighted by Gasteiger charge is 1.99. The van der Waals surface area contributed by atoms with E-state index in [0.29, 0.717) is 0 Å². The molecule has 0 N–H and O–H groups in total. The predicted molar refractivity (Wildman–Crippen MR) is 79.4 cm³/mol. The largest absolute Gasteiger partial charge is 0.306 e. The molecule has 0 atom stereocenters. The van der Waals surface area contributed by atoms with Crippen LogP contribution in [0.5, 0.6) is 0 Å². The summed E-state index contributed by atoms with van der Waals surface area (Å²) in [6.07, 6.45) is 15.8. The molecule has 0 fully saturated rings. The van der Waals surface area contributed by atoms with E-state index in [4.69, 9.17) is 0 Å². The van der Waals surface area contributed by atoms with Gasteiger partial charge in [-0.3, -0.25) is 0 Å². The van der Waals surface area contributed by atoms with E-state index >= 15 is 0 Å². The van der Waals surface area contributed by atoms with Crippen molar-refractivity contribution >= 4 is 0 Å². The minimum absolute atomic E-state index is 1.14. The lowest BCUT2D eigenvalue weighted by atomic mass is 10.1. The van der Waals surface area contributed by atoms with Gasteiger partial charge in [-0.2, -0.15) is 0 Å². The first kappa shape index (κ1) is 16.2. The van der Waals surface area contributed by atoms with Crippen molar-refractivity contribution in [2.75, 3.05) is 20.1 Å². The van der Waals surface area contributed by atoms with Crippen molar-refractivity contribution in [2.45, 2.75) is 46.5 Å². The number of hydrogen-bond donors (Lipinski definition) is 0. The van der Waals surface area contributed by atoms with Crippen LogP contribution in [0.25, 0.3) is 0 Å². The maximum atomic E-state index is 2.43. The summed E-state index contributed by atoms with van der Waals surface area (Å²) in [5.74, 6) is 0. The molecule has 0 heterocycles. The zero-order valence-electron chi connectivity index (χ0n) is 12.1. The van der Waals surface area contributed by atoms with Gasteiger partial charge < -0.3 is 4.90 Å². The number of nitrogens with zero attached hydrogens (tertiary/aromatic N) is 1. The van der Waals surface area contributed by atoms with E-state index in [0.717, 1.165) is 13.0 Å². The quantitative estimate of drug-likeness (QED) is 0.418. The summed E-state index contributed by atoms with van der Waals surface area (Å²) in [7, 11) is 2.22. The van der Waals surface area contributed by atoms with Crippen LogP contribution >= 0.6 is 0 Å². The second-order valence-corrected chi connectivity index (χ2v) is 4.53. The molecule has 1 nitrogen and oxygen atoms in total. The van der Waals surface area contributed by atoms with Crippen molar-refractivity contribution in [1.82, 2.24) is 4.90 Å². The zero-order chi connectivity index (χ0) is 12.9. The molecule has 0 aliphatic heterocycles. The smallest absolute Gasteiger partial charge is 0.00188 e. The minimum atomic E-state index is 1.14. The molecule has 0 spiro atoms. The van der Waals surface area contributed by atoms with E-state index in [-0.39, 0.29) is 0 Å². The predicted octanol–water partition coefficient (Wildman–Crippen LogP) is 4.58. The lowest BCUT2D eigenvalue weighted by Crippen LogP contribution is -2.21. The van der Waals surface area contributed by atoms with Gasteiger partial charge in [-0.25, -0.2) is 0 Å². The average molecular weight is 235 g/mol. The molecule has 98 valence electrons. The zero-order valence-corrected chi connectivity index (χ0v) is 12.1. The van der Waals surface area contributed by atoms with E-state index in [2.05, 4.69) is 63.1 Å². The van der Waals surface area contributed by atoms with Gasteiger partial charge in [0.05, 0.1) is 0 Å². The van der Waals surface area contributed by atoms with Crippen molar-refractivity contribution < 1.29 is 0 Å². The van der Waals surface area contributed by atoms with E-state index in [1.54, 1.807) is 0 Å². The fourth-order valence-corrected chi connectivity index (χ4v) is 1.72. The minimum Gasteiger partial charge on any atom is -0.306 e. The first-order valence-electron chi connectivity index (χ1n) is 6.87. The van der Waals surface area contributed by atoms with Crippen LogP contribution in [0.15, 0.2) is 36.0 Å². The molecule has 0 rings (SSSR count). The van der Waals surface area contributed by atoms with E-state index in [1.807, 2.05) is 0 Å². The fourth-order valence-electron chi connectivity index (χ4n) is 1.72. The molecule has 0 saturated carbocycles. The fraction of sp³-hybridized carbons (Fsp3) is 0.625. The highest BCUT2D eigenvalue weighted by atomic mass is 15.1. The van der Waals surface area contributed by atoms with Gasteiger partial charge in [-0.15, -0.1) is 0 Å². The summed E-state index contributed by atoms with van der Waals surface area (Å²) in [5, 5.41) is 0. The molecule has 0 amide bonds. The average Bonchev–Trinajstić information content (AvgIpc) is 2.33. The summed E-state index contributed by atoms with van der Waals surface area (Å²) >= 11 is 0. The SMILES string of the molecule is CC=C/C=C(\C=C/C)CCN(C)CCCCC. The van der Waals surface area contributed by atoms with Crippen LogP contribution in [0.2, 0.25) is 0 Å². The van der Waals surface area contributed by atoms with Crippen LogP contribution in [0.1, 0.15) is 46.5 Å². The Morgan fingerprint density at radius 3 is 2.41 bits per heavy atom. The Kier molecular flexibility index (Phi) is 11.1. The van der Waals surface area contributed by atoms with Gasteiger partial charge >= 0.3 is 0 Å². The van der Waals surface area contributed by atoms with Crippen molar-refractivity contribution in [1.29, 1.82) is 0 Å². The van der Waals surface area contributed by atoms with Crippen LogP contribution in [0.3, 0.4) is 0 Å². The summed E-state index contributed by atoms with van der Waals surface area (Å²) in [5.41, 5.74) is 1.41. The summed E-state index contributed by atoms with van der Waals surface area (Å²) in [6.45, 7) is 8.76. The Hall–Kier alpha value is -0.820. The Labute approximate surface area is 108 Å². The third-order valence-corrected chi connectivity index (χ3v) is 2.81. The molecule has 0 aromatic rings. The van der Waals surface area contributed by atoms with E-state index in [1.165, 1.54) is 31.4 Å². The van der Waals surface area contributed by atoms with E-state index in [9.17, 15) is 0 Å². The lowest BCUT2D eigenvalue weighted by molar-refractivity contribution is 0.330. The van der Waals surface area contributed by atoms with Gasteiger partial charge in [0.1, 0.15) is 0 Å². The summed E-state index contributed by atoms with van der Waals surface area (Å²) in [6, 6.07) is 0. The van der Waals surface area contributed by atoms with E-state index < -0.39 is 0 Å². The molecule has 1 heteroatoms. The molecule has 0 aromatic carbocycles. The van der Waals surface area contributed by atoms with Crippen LogP contribution < -0.4 is 0 Å². The van der Waals surface area contributed by atoms with Gasteiger partial charge in [0.25, 0.3) is 0 Å². The first-order valence-corrected chi connectivity index (χ1v) is 6.87. The monoisotopic (exact) mass is 235 g/mol. The van der Waals surface area contributed by atoms with Crippen LogP contribution in [0, 0.1) is 0 Å². The highest BCUT2D eigenvalue weighted by Crippen LogP contribution is 2.06. The number of rotatable bonds is 9. The normalized spacial score (nSPS) is 13.4. The highest BCUT2D eigenvalue weighted by molar-refractivity contribution is 5.23. The third kappa shape index (κ3) is 10.1. The summed E-state index contributed by atoms with van der Waals surface area (Å²) in [4.78, 5) is 2.43. The number of hydrogen-bond acceptors (Lipinski definition) is 1. The molecule has 17 heavy (non-hydrogen) atoms. The second-order valence-electron chi connectivity index (χ2n) is 4.53. The maximum Gasteiger partial charge on any atom is 0.00188 e. The maximum absolute atomic E-state index is 2.43. The Morgan fingerprint density at radius 1 is 1.06 bits per heavy atom. The Balaban J connectivity index is 3.95. The standard InChI is InChI=1S/C16H29N/c1-5-8-10-14-17(4)15-13-16(11-7-3)12-9-6-2/h6-7,9,11-12H,5,8,10,13-15H2,1-4H3/b9-6?,11-7-,16-12+. The van der Waals surface area contributed by atoms with Gasteiger partial charge in [0.15, 0.2) is 0 Å². The van der Waals surface area contributed by atoms with Crippen LogP contribution in [-0.4, -0.2) is 25.0 Å². The Morgan fingerprint density at radius 2 is 1.82 bits per heavy atom. The molecule has 0 aliphatic carbocycles. The molecule has 0 radical (unpaired) electrons. The molecule has 0 unspecified atom stereocenters. The number of unbranched alkanes of at least 4 members (excludes halogenated alkanes) is 2. The lowest BCUT2D eigenvalue weighted by Gasteiger charge is -2.16. The van der Waals surface area contributed by atoms with Gasteiger partial charge in [-0.1, -0.05) is 50.1 Å². The third-order valence-electron chi connectivity index (χ3n) is 2.81. The molecule has 0 aromatic heterocycles. The second kappa shape index (κ2) is 11.7. The topological polar surface area (TPSA) is 3.24 Å². The van der Waals surface area contributed by atoms with Crippen LogP contribution in [0.4, 0.5) is 0 Å². The molecule has 0 bridgehead atoms. The first-order chi connectivity index (χ1) is 8.24. The van der Waals surface area contributed by atoms with Gasteiger partial charge in [0.2, 0.25) is 0 Å². The van der Waals surface area contributed by atoms with Crippen molar-refractivity contribution in [3.63, 3.8) is 0 Å².